The number of nitrogens with zero attached hydrogens (tertiary/aromatic N) is 3. The largest absolute Gasteiger partial charge is 0.345 e. The number of carbonyl (C=O) groups is 2. The molecule has 1 aliphatic rings. The highest BCUT2D eigenvalue weighted by Gasteiger charge is 2.33. The van der Waals surface area contributed by atoms with E-state index in [-0.39, 0.29) is 24.3 Å². The smallest absolute Gasteiger partial charge is 0.250 e. The van der Waals surface area contributed by atoms with E-state index in [9.17, 15) is 9.59 Å². The zero-order chi connectivity index (χ0) is 23.3. The number of carbonyl (C=O) groups excluding carboxylic acids is 2. The van der Waals surface area contributed by atoms with Gasteiger partial charge in [-0.1, -0.05) is 78.9 Å². The molecule has 0 spiro atoms. The molecule has 6 nitrogen and oxygen atoms in total. The van der Waals surface area contributed by atoms with E-state index in [2.05, 4.69) is 10.3 Å². The molecule has 170 valence electrons. The monoisotopic (exact) mass is 450 g/mol. The lowest BCUT2D eigenvalue weighted by atomic mass is 9.98. The number of nitrogens with one attached hydrogen (secondary N) is 1. The van der Waals surface area contributed by atoms with Crippen molar-refractivity contribution in [2.24, 2.45) is 0 Å². The van der Waals surface area contributed by atoms with Gasteiger partial charge in [0.15, 0.2) is 0 Å². The molecule has 4 aromatic rings. The number of fused-ring (bicyclic) bond motifs is 1. The number of benzene rings is 3. The highest BCUT2D eigenvalue weighted by molar-refractivity contribution is 6.00. The van der Waals surface area contributed by atoms with Crippen molar-refractivity contribution < 1.29 is 9.59 Å². The SMILES string of the molecule is O=C(CC(C(=O)N1CCc2ccccc21)n1ccnc1)NC(c1ccccc1)c1ccccc1. The third kappa shape index (κ3) is 4.48. The molecule has 3 aromatic carbocycles. The summed E-state index contributed by atoms with van der Waals surface area (Å²) in [6.07, 6.45) is 5.80. The molecular weight excluding hydrogens is 424 g/mol. The van der Waals surface area contributed by atoms with Crippen molar-refractivity contribution in [1.82, 2.24) is 14.9 Å². The van der Waals surface area contributed by atoms with Crippen LogP contribution in [0.15, 0.2) is 104 Å². The van der Waals surface area contributed by atoms with Crippen molar-refractivity contribution in [2.75, 3.05) is 11.4 Å². The van der Waals surface area contributed by atoms with Gasteiger partial charge in [-0.05, 0) is 29.2 Å². The summed E-state index contributed by atoms with van der Waals surface area (Å²) in [6, 6.07) is 26.7. The van der Waals surface area contributed by atoms with Gasteiger partial charge in [0.05, 0.1) is 18.8 Å². The van der Waals surface area contributed by atoms with Crippen LogP contribution in [-0.4, -0.2) is 27.9 Å². The van der Waals surface area contributed by atoms with E-state index in [0.717, 1.165) is 28.8 Å². The van der Waals surface area contributed by atoms with Gasteiger partial charge in [0.25, 0.3) is 5.91 Å². The van der Waals surface area contributed by atoms with Crippen LogP contribution in [0.4, 0.5) is 5.69 Å². The average molecular weight is 451 g/mol. The number of hydrogen-bond donors (Lipinski definition) is 1. The fourth-order valence-corrected chi connectivity index (χ4v) is 4.57. The summed E-state index contributed by atoms with van der Waals surface area (Å²) in [5.74, 6) is -0.300. The number of rotatable bonds is 7. The summed E-state index contributed by atoms with van der Waals surface area (Å²) in [7, 11) is 0. The molecule has 0 radical (unpaired) electrons. The number of para-hydroxylation sites is 1. The van der Waals surface area contributed by atoms with Gasteiger partial charge in [0.1, 0.15) is 6.04 Å². The maximum absolute atomic E-state index is 13.7. The minimum atomic E-state index is -0.680. The zero-order valence-electron chi connectivity index (χ0n) is 18.7. The van der Waals surface area contributed by atoms with Crippen LogP contribution in [0.1, 0.15) is 35.2 Å². The van der Waals surface area contributed by atoms with E-state index in [1.807, 2.05) is 84.9 Å². The van der Waals surface area contributed by atoms with Gasteiger partial charge in [-0.15, -0.1) is 0 Å². The number of aromatic nitrogens is 2. The van der Waals surface area contributed by atoms with Gasteiger partial charge in [-0.25, -0.2) is 4.98 Å². The Kier molecular flexibility index (Phi) is 6.21. The Morgan fingerprint density at radius 1 is 0.882 bits per heavy atom. The molecular formula is C28H26N4O2. The van der Waals surface area contributed by atoms with Gasteiger partial charge in [-0.2, -0.15) is 0 Å². The molecule has 2 heterocycles. The van der Waals surface area contributed by atoms with Crippen LogP contribution in [0.3, 0.4) is 0 Å². The predicted octanol–water partition coefficient (Wildman–Crippen LogP) is 4.31. The molecule has 1 N–H and O–H groups in total. The molecule has 0 aliphatic carbocycles. The first-order valence-corrected chi connectivity index (χ1v) is 11.5. The first-order valence-electron chi connectivity index (χ1n) is 11.5. The van der Waals surface area contributed by atoms with E-state index in [1.165, 1.54) is 0 Å². The highest BCUT2D eigenvalue weighted by Crippen LogP contribution is 2.31. The molecule has 2 amide bonds. The molecule has 0 saturated heterocycles. The summed E-state index contributed by atoms with van der Waals surface area (Å²) in [6.45, 7) is 0.613. The van der Waals surface area contributed by atoms with E-state index in [4.69, 9.17) is 0 Å². The van der Waals surface area contributed by atoms with Crippen molar-refractivity contribution in [3.63, 3.8) is 0 Å². The van der Waals surface area contributed by atoms with E-state index in [1.54, 1.807) is 28.2 Å². The second kappa shape index (κ2) is 9.75. The van der Waals surface area contributed by atoms with E-state index < -0.39 is 6.04 Å². The lowest BCUT2D eigenvalue weighted by Gasteiger charge is -2.26. The van der Waals surface area contributed by atoms with Crippen molar-refractivity contribution in [1.29, 1.82) is 0 Å². The molecule has 34 heavy (non-hydrogen) atoms. The van der Waals surface area contributed by atoms with Crippen LogP contribution in [0.5, 0.6) is 0 Å². The number of amides is 2. The predicted molar refractivity (Wildman–Crippen MR) is 131 cm³/mol. The molecule has 1 aromatic heterocycles. The number of hydrogen-bond acceptors (Lipinski definition) is 3. The van der Waals surface area contributed by atoms with Crippen molar-refractivity contribution in [2.45, 2.75) is 24.9 Å². The number of anilines is 1. The summed E-state index contributed by atoms with van der Waals surface area (Å²) in [5.41, 5.74) is 4.05. The first-order chi connectivity index (χ1) is 16.7. The molecule has 0 saturated carbocycles. The minimum absolute atomic E-state index is 0.0179. The quantitative estimate of drug-likeness (QED) is 0.456. The van der Waals surface area contributed by atoms with Crippen LogP contribution in [-0.2, 0) is 16.0 Å². The fraction of sp³-hybridized carbons (Fsp3) is 0.179. The summed E-state index contributed by atoms with van der Waals surface area (Å²) in [5, 5.41) is 3.16. The minimum Gasteiger partial charge on any atom is -0.345 e. The summed E-state index contributed by atoms with van der Waals surface area (Å²) < 4.78 is 1.73. The van der Waals surface area contributed by atoms with Crippen molar-refractivity contribution in [3.05, 3.63) is 120 Å². The summed E-state index contributed by atoms with van der Waals surface area (Å²) in [4.78, 5) is 32.9. The Morgan fingerprint density at radius 3 is 2.18 bits per heavy atom. The Bertz CT molecular complexity index is 1220. The lowest BCUT2D eigenvalue weighted by Crippen LogP contribution is -2.39. The molecule has 0 fully saturated rings. The van der Waals surface area contributed by atoms with Crippen LogP contribution >= 0.6 is 0 Å². The molecule has 1 atom stereocenters. The van der Waals surface area contributed by atoms with Gasteiger partial charge in [-0.3, -0.25) is 9.59 Å². The Hall–Kier alpha value is -4.19. The molecule has 0 bridgehead atoms. The van der Waals surface area contributed by atoms with Crippen molar-refractivity contribution >= 4 is 17.5 Å². The van der Waals surface area contributed by atoms with Gasteiger partial charge in [0, 0.05) is 24.6 Å². The Labute approximate surface area is 198 Å². The summed E-state index contributed by atoms with van der Waals surface area (Å²) >= 11 is 0. The second-order valence-corrected chi connectivity index (χ2v) is 8.42. The van der Waals surface area contributed by atoms with Gasteiger partial charge in [0.2, 0.25) is 5.91 Å². The third-order valence-corrected chi connectivity index (χ3v) is 6.27. The van der Waals surface area contributed by atoms with Crippen LogP contribution in [0.2, 0.25) is 0 Å². The normalized spacial score (nSPS) is 13.5. The topological polar surface area (TPSA) is 67.2 Å². The fourth-order valence-electron chi connectivity index (χ4n) is 4.57. The second-order valence-electron chi connectivity index (χ2n) is 8.42. The number of imidazole rings is 1. The third-order valence-electron chi connectivity index (χ3n) is 6.27. The Balaban J connectivity index is 1.39. The standard InChI is InChI=1S/C28H26N4O2/c33-26(30-27(22-10-3-1-4-11-22)23-12-5-2-6-13-23)19-25(31-18-16-29-20-31)28(34)32-17-15-21-9-7-8-14-24(21)32/h1-14,16,18,20,25,27H,15,17,19H2,(H,30,33). The van der Waals surface area contributed by atoms with Crippen LogP contribution in [0.25, 0.3) is 0 Å². The van der Waals surface area contributed by atoms with Crippen LogP contribution < -0.4 is 10.2 Å². The van der Waals surface area contributed by atoms with Gasteiger partial charge < -0.3 is 14.8 Å². The van der Waals surface area contributed by atoms with E-state index in [0.29, 0.717) is 6.54 Å². The first kappa shape index (κ1) is 21.6. The molecule has 6 heteroatoms. The Morgan fingerprint density at radius 2 is 1.53 bits per heavy atom. The molecule has 1 aliphatic heterocycles. The van der Waals surface area contributed by atoms with Crippen molar-refractivity contribution in [3.8, 4) is 0 Å². The molecule has 1 unspecified atom stereocenters. The van der Waals surface area contributed by atoms with Gasteiger partial charge >= 0.3 is 0 Å². The average Bonchev–Trinajstić information content (AvgIpc) is 3.57. The molecule has 5 rings (SSSR count). The zero-order valence-corrected chi connectivity index (χ0v) is 18.7. The highest BCUT2D eigenvalue weighted by atomic mass is 16.2. The maximum atomic E-state index is 13.7. The maximum Gasteiger partial charge on any atom is 0.250 e. The van der Waals surface area contributed by atoms with Crippen LogP contribution in [0, 0.1) is 0 Å². The van der Waals surface area contributed by atoms with E-state index >= 15 is 0 Å². The lowest BCUT2D eigenvalue weighted by molar-refractivity contribution is -0.128.